The summed E-state index contributed by atoms with van der Waals surface area (Å²) in [4.78, 5) is 18.5. The van der Waals surface area contributed by atoms with Gasteiger partial charge in [-0.05, 0) is 0 Å². The Morgan fingerprint density at radius 2 is 1.89 bits per heavy atom. The van der Waals surface area contributed by atoms with Gasteiger partial charge in [0.25, 0.3) is 0 Å². The summed E-state index contributed by atoms with van der Waals surface area (Å²) in [5, 5.41) is 0. The molecule has 0 unspecified atom stereocenters. The van der Waals surface area contributed by atoms with Crippen LogP contribution in [0.3, 0.4) is 0 Å². The van der Waals surface area contributed by atoms with Crippen LogP contribution in [-0.2, 0) is 11.3 Å². The molecule has 0 spiro atoms. The monoisotopic (exact) mass is 358 g/mol. The van der Waals surface area contributed by atoms with Gasteiger partial charge in [0.15, 0.2) is 0 Å². The van der Waals surface area contributed by atoms with Crippen LogP contribution in [-0.4, -0.2) is 38.6 Å². The number of rotatable bonds is 3. The van der Waals surface area contributed by atoms with Crippen LogP contribution in [0.4, 0.5) is 0 Å². The first-order valence-corrected chi connectivity index (χ1v) is 15.8. The fourth-order valence-electron chi connectivity index (χ4n) is 2.31. The second-order valence-electron chi connectivity index (χ2n) is 5.34. The average Bonchev–Trinajstić information content (AvgIpc) is 2.67. The minimum atomic E-state index is -2.42. The van der Waals surface area contributed by atoms with Crippen LogP contribution in [0.5, 0.6) is 11.5 Å². The number of ether oxygens (including phenoxy) is 3. The van der Waals surface area contributed by atoms with E-state index in [1.807, 2.05) is 0 Å². The molecule has 0 fully saturated rings. The third-order valence-corrected chi connectivity index (χ3v) is 8.72. The first kappa shape index (κ1) is 13.5. The Bertz CT molecular complexity index is 503. The normalized spacial score (nSPS) is 14.2. The maximum absolute atomic E-state index is 11.6. The van der Waals surface area contributed by atoms with Crippen molar-refractivity contribution in [3.8, 4) is 11.5 Å². The van der Waals surface area contributed by atoms with Crippen molar-refractivity contribution in [1.82, 2.24) is 0 Å². The van der Waals surface area contributed by atoms with Crippen molar-refractivity contribution in [3.63, 3.8) is 0 Å². The first-order chi connectivity index (χ1) is 8.40. The molecule has 98 valence electrons. The summed E-state index contributed by atoms with van der Waals surface area (Å²) < 4.78 is 17.3. The second kappa shape index (κ2) is 4.64. The summed E-state index contributed by atoms with van der Waals surface area (Å²) in [5.74, 6) is 1.25. The molecule has 18 heavy (non-hydrogen) atoms. The topological polar surface area (TPSA) is 44.8 Å². The van der Waals surface area contributed by atoms with Gasteiger partial charge < -0.3 is 0 Å². The molecule has 0 amide bonds. The van der Waals surface area contributed by atoms with Gasteiger partial charge in [0, 0.05) is 0 Å². The molecular weight excluding hydrogens is 339 g/mol. The summed E-state index contributed by atoms with van der Waals surface area (Å²) in [6, 6.07) is 1.80. The van der Waals surface area contributed by atoms with Crippen molar-refractivity contribution < 1.29 is 19.0 Å². The van der Waals surface area contributed by atoms with Crippen LogP contribution in [0.2, 0.25) is 14.8 Å². The van der Waals surface area contributed by atoms with E-state index in [1.54, 1.807) is 20.3 Å². The van der Waals surface area contributed by atoms with Crippen LogP contribution in [0, 0.1) is 0 Å². The van der Waals surface area contributed by atoms with Gasteiger partial charge in [-0.15, -0.1) is 0 Å². The fraction of sp³-hybridized carbons (Fsp3) is 0.462. The third-order valence-electron chi connectivity index (χ3n) is 3.09. The van der Waals surface area contributed by atoms with E-state index < -0.39 is 18.4 Å². The Labute approximate surface area is 111 Å². The molecular formula is C13H18O4Sn. The van der Waals surface area contributed by atoms with Crippen molar-refractivity contribution in [2.75, 3.05) is 14.2 Å². The van der Waals surface area contributed by atoms with Crippen molar-refractivity contribution in [1.29, 1.82) is 0 Å². The summed E-state index contributed by atoms with van der Waals surface area (Å²) in [7, 11) is 3.27. The van der Waals surface area contributed by atoms with Gasteiger partial charge in [-0.3, -0.25) is 0 Å². The Morgan fingerprint density at radius 3 is 2.39 bits per heavy atom. The Balaban J connectivity index is 2.77. The molecule has 1 heterocycles. The quantitative estimate of drug-likeness (QED) is 0.613. The molecule has 2 rings (SSSR count). The molecule has 0 aliphatic carbocycles. The van der Waals surface area contributed by atoms with Gasteiger partial charge >= 0.3 is 111 Å². The van der Waals surface area contributed by atoms with E-state index in [0.29, 0.717) is 12.2 Å². The zero-order valence-corrected chi connectivity index (χ0v) is 14.3. The van der Waals surface area contributed by atoms with Gasteiger partial charge in [0.05, 0.1) is 0 Å². The number of benzene rings is 1. The number of hydrogen-bond donors (Lipinski definition) is 0. The Kier molecular flexibility index (Phi) is 3.49. The van der Waals surface area contributed by atoms with Crippen LogP contribution >= 0.6 is 0 Å². The predicted octanol–water partition coefficient (Wildman–Crippen LogP) is 1.92. The number of carbonyl (C=O) groups excluding carboxylic acids is 1. The van der Waals surface area contributed by atoms with Crippen molar-refractivity contribution in [2.45, 2.75) is 21.4 Å². The zero-order chi connectivity index (χ0) is 13.5. The maximum atomic E-state index is 11.6. The van der Waals surface area contributed by atoms with E-state index in [2.05, 4.69) is 14.8 Å². The van der Waals surface area contributed by atoms with Crippen molar-refractivity contribution in [3.05, 3.63) is 17.2 Å². The molecule has 5 heteroatoms. The zero-order valence-electron chi connectivity index (χ0n) is 11.4. The minimum absolute atomic E-state index is 0.294. The third kappa shape index (κ3) is 2.06. The molecule has 0 atom stereocenters. The molecule has 0 saturated heterocycles. The summed E-state index contributed by atoms with van der Waals surface area (Å²) in [6.45, 7) is 0.302. The van der Waals surface area contributed by atoms with Gasteiger partial charge in [0.1, 0.15) is 0 Å². The van der Waals surface area contributed by atoms with Gasteiger partial charge in [-0.2, -0.15) is 0 Å². The van der Waals surface area contributed by atoms with Crippen LogP contribution in [0.15, 0.2) is 6.07 Å². The number of fused-ring (bicyclic) bond motifs is 1. The van der Waals surface area contributed by atoms with E-state index in [0.717, 1.165) is 17.1 Å². The Morgan fingerprint density at radius 1 is 1.22 bits per heavy atom. The Hall–Kier alpha value is -0.911. The summed E-state index contributed by atoms with van der Waals surface area (Å²) >= 11 is -2.42. The predicted molar refractivity (Wildman–Crippen MR) is 71.6 cm³/mol. The van der Waals surface area contributed by atoms with E-state index in [1.165, 1.54) is 3.58 Å². The standard InChI is InChI=1S/C10H9O4.3CH3.Sn/c1-12-6-3-7-8(5-14-10(7)11)9(4-6)13-2;;;;/h3H,5H2,1-2H3;3*1H3;. The van der Waals surface area contributed by atoms with Crippen LogP contribution in [0.25, 0.3) is 0 Å². The van der Waals surface area contributed by atoms with Crippen molar-refractivity contribution >= 4 is 27.9 Å². The molecule has 1 aromatic rings. The summed E-state index contributed by atoms with van der Waals surface area (Å²) in [6.07, 6.45) is 0. The second-order valence-corrected chi connectivity index (χ2v) is 19.6. The fourth-order valence-corrected chi connectivity index (χ4v) is 7.59. The molecule has 1 aliphatic heterocycles. The number of hydrogen-bond acceptors (Lipinski definition) is 4. The van der Waals surface area contributed by atoms with E-state index in [4.69, 9.17) is 14.2 Å². The van der Waals surface area contributed by atoms with E-state index >= 15 is 0 Å². The first-order valence-electron chi connectivity index (χ1n) is 5.85. The molecule has 4 nitrogen and oxygen atoms in total. The van der Waals surface area contributed by atoms with Gasteiger partial charge in [-0.1, -0.05) is 0 Å². The molecule has 0 saturated carbocycles. The molecule has 0 N–H and O–H groups in total. The number of methoxy groups -OCH3 is 2. The molecule has 1 aromatic carbocycles. The van der Waals surface area contributed by atoms with Crippen LogP contribution in [0.1, 0.15) is 15.9 Å². The van der Waals surface area contributed by atoms with E-state index in [-0.39, 0.29) is 5.97 Å². The molecule has 1 aliphatic rings. The van der Waals surface area contributed by atoms with Gasteiger partial charge in [0.2, 0.25) is 0 Å². The SMILES string of the molecule is COc1cc2c(c(OC)[c]1[Sn]([CH3])([CH3])[CH3])COC2=O. The number of cyclic esters (lactones) is 1. The average molecular weight is 357 g/mol. The number of carbonyl (C=O) groups is 1. The van der Waals surface area contributed by atoms with E-state index in [9.17, 15) is 4.79 Å². The number of esters is 1. The molecule has 0 aromatic heterocycles. The molecule has 0 bridgehead atoms. The summed E-state index contributed by atoms with van der Waals surface area (Å²) in [5.41, 5.74) is 1.44. The molecule has 0 radical (unpaired) electrons. The van der Waals surface area contributed by atoms with Gasteiger partial charge in [-0.25, -0.2) is 0 Å². The van der Waals surface area contributed by atoms with Crippen LogP contribution < -0.4 is 13.1 Å². The van der Waals surface area contributed by atoms with Crippen molar-refractivity contribution in [2.24, 2.45) is 0 Å².